The zero-order chi connectivity index (χ0) is 13.3. The average molecular weight is 323 g/mol. The maximum atomic E-state index is 10.3. The molecule has 0 bridgehead atoms. The van der Waals surface area contributed by atoms with Gasteiger partial charge in [-0.15, -0.1) is 0 Å². The molecule has 4 nitrogen and oxygen atoms in total. The van der Waals surface area contributed by atoms with E-state index >= 15 is 0 Å². The zero-order valence-electron chi connectivity index (χ0n) is 10.4. The molecule has 2 heterocycles. The van der Waals surface area contributed by atoms with Crippen molar-refractivity contribution in [1.29, 1.82) is 0 Å². The fourth-order valence-corrected chi connectivity index (χ4v) is 2.79. The van der Waals surface area contributed by atoms with Gasteiger partial charge in [0.15, 0.2) is 0 Å². The first-order chi connectivity index (χ1) is 9.18. The second kappa shape index (κ2) is 5.07. The van der Waals surface area contributed by atoms with Crippen LogP contribution in [0.5, 0.6) is 0 Å². The molecule has 0 spiro atoms. The van der Waals surface area contributed by atoms with Crippen LogP contribution in [0.15, 0.2) is 34.9 Å². The van der Waals surface area contributed by atoms with Gasteiger partial charge < -0.3 is 15.2 Å². The predicted molar refractivity (Wildman–Crippen MR) is 78.3 cm³/mol. The minimum atomic E-state index is -0.782. The summed E-state index contributed by atoms with van der Waals surface area (Å²) in [4.78, 5) is 4.36. The third kappa shape index (κ3) is 2.59. The van der Waals surface area contributed by atoms with Crippen molar-refractivity contribution in [3.8, 4) is 0 Å². The van der Waals surface area contributed by atoms with Crippen LogP contribution in [0.25, 0.3) is 10.8 Å². The minimum Gasteiger partial charge on any atom is -0.386 e. The van der Waals surface area contributed by atoms with Crippen LogP contribution in [0.4, 0.5) is 5.82 Å². The molecule has 0 amide bonds. The summed E-state index contributed by atoms with van der Waals surface area (Å²) in [5, 5.41) is 15.6. The van der Waals surface area contributed by atoms with Crippen molar-refractivity contribution in [2.45, 2.75) is 12.0 Å². The van der Waals surface area contributed by atoms with Gasteiger partial charge in [-0.2, -0.15) is 0 Å². The molecule has 1 aliphatic rings. The number of hydrogen-bond donors (Lipinski definition) is 2. The van der Waals surface area contributed by atoms with Crippen LogP contribution in [0, 0.1) is 0 Å². The number of nitrogens with zero attached hydrogens (tertiary/aromatic N) is 1. The second-order valence-electron chi connectivity index (χ2n) is 4.87. The highest BCUT2D eigenvalue weighted by Crippen LogP contribution is 2.28. The Morgan fingerprint density at radius 2 is 2.26 bits per heavy atom. The van der Waals surface area contributed by atoms with E-state index in [9.17, 15) is 5.11 Å². The number of pyridine rings is 1. The molecule has 0 radical (unpaired) electrons. The van der Waals surface area contributed by atoms with Crippen LogP contribution in [0.2, 0.25) is 0 Å². The zero-order valence-corrected chi connectivity index (χ0v) is 12.0. The fraction of sp³-hybridized carbons (Fsp3) is 0.357. The normalized spacial score (nSPS) is 22.8. The topological polar surface area (TPSA) is 54.4 Å². The summed E-state index contributed by atoms with van der Waals surface area (Å²) in [6.07, 6.45) is 2.43. The third-order valence-electron chi connectivity index (χ3n) is 3.42. The van der Waals surface area contributed by atoms with Crippen molar-refractivity contribution in [1.82, 2.24) is 4.98 Å². The Bertz CT molecular complexity index is 597. The fourth-order valence-electron chi connectivity index (χ4n) is 2.29. The molecule has 0 saturated carbocycles. The van der Waals surface area contributed by atoms with E-state index in [4.69, 9.17) is 4.74 Å². The summed E-state index contributed by atoms with van der Waals surface area (Å²) in [7, 11) is 0. The minimum absolute atomic E-state index is 0.383. The van der Waals surface area contributed by atoms with Gasteiger partial charge >= 0.3 is 0 Å². The van der Waals surface area contributed by atoms with E-state index in [1.807, 2.05) is 24.3 Å². The van der Waals surface area contributed by atoms with E-state index < -0.39 is 5.60 Å². The van der Waals surface area contributed by atoms with E-state index in [0.29, 0.717) is 26.2 Å². The van der Waals surface area contributed by atoms with E-state index in [1.165, 1.54) is 0 Å². The molecule has 1 aromatic carbocycles. The Morgan fingerprint density at radius 1 is 1.37 bits per heavy atom. The standard InChI is InChI=1S/C14H15BrN2O2/c15-12-3-1-2-11-10(12)4-6-16-13(11)17-8-14(18)5-7-19-9-14/h1-4,6,18H,5,7-9H2,(H,16,17). The molecular weight excluding hydrogens is 308 g/mol. The highest BCUT2D eigenvalue weighted by Gasteiger charge is 2.32. The van der Waals surface area contributed by atoms with Crippen molar-refractivity contribution < 1.29 is 9.84 Å². The monoisotopic (exact) mass is 322 g/mol. The van der Waals surface area contributed by atoms with Gasteiger partial charge in [0.2, 0.25) is 0 Å². The van der Waals surface area contributed by atoms with Crippen LogP contribution < -0.4 is 5.32 Å². The highest BCUT2D eigenvalue weighted by molar-refractivity contribution is 9.10. The molecule has 1 fully saturated rings. The lowest BCUT2D eigenvalue weighted by Gasteiger charge is -2.21. The van der Waals surface area contributed by atoms with Gasteiger partial charge in [-0.25, -0.2) is 4.98 Å². The lowest BCUT2D eigenvalue weighted by Crippen LogP contribution is -2.37. The molecule has 0 aliphatic carbocycles. The summed E-state index contributed by atoms with van der Waals surface area (Å²) in [5.41, 5.74) is -0.782. The number of fused-ring (bicyclic) bond motifs is 1. The molecule has 3 rings (SSSR count). The van der Waals surface area contributed by atoms with Crippen LogP contribution in [0.1, 0.15) is 6.42 Å². The van der Waals surface area contributed by atoms with Gasteiger partial charge in [-0.1, -0.05) is 28.1 Å². The Morgan fingerprint density at radius 3 is 3.05 bits per heavy atom. The molecule has 2 N–H and O–H groups in total. The van der Waals surface area contributed by atoms with Crippen molar-refractivity contribution >= 4 is 32.5 Å². The first-order valence-corrected chi connectivity index (χ1v) is 7.04. The van der Waals surface area contributed by atoms with Gasteiger partial charge in [0.1, 0.15) is 11.4 Å². The second-order valence-corrected chi connectivity index (χ2v) is 5.73. The predicted octanol–water partition coefficient (Wildman–Crippen LogP) is 2.56. The molecule has 100 valence electrons. The summed E-state index contributed by atoms with van der Waals surface area (Å²) in [5.74, 6) is 0.791. The molecular formula is C14H15BrN2O2. The van der Waals surface area contributed by atoms with Gasteiger partial charge in [-0.3, -0.25) is 0 Å². The number of ether oxygens (including phenoxy) is 1. The first-order valence-electron chi connectivity index (χ1n) is 6.25. The van der Waals surface area contributed by atoms with Crippen molar-refractivity contribution in [2.24, 2.45) is 0 Å². The Balaban J connectivity index is 1.87. The number of anilines is 1. The smallest absolute Gasteiger partial charge is 0.133 e. The molecule has 1 unspecified atom stereocenters. The largest absolute Gasteiger partial charge is 0.386 e. The first kappa shape index (κ1) is 12.8. The Kier molecular flexibility index (Phi) is 3.43. The number of aliphatic hydroxyl groups is 1. The molecule has 5 heteroatoms. The lowest BCUT2D eigenvalue weighted by atomic mass is 10.0. The number of aromatic nitrogens is 1. The van der Waals surface area contributed by atoms with E-state index in [0.717, 1.165) is 21.1 Å². The van der Waals surface area contributed by atoms with E-state index in [1.54, 1.807) is 6.20 Å². The van der Waals surface area contributed by atoms with E-state index in [-0.39, 0.29) is 0 Å². The quantitative estimate of drug-likeness (QED) is 0.911. The van der Waals surface area contributed by atoms with E-state index in [2.05, 4.69) is 26.2 Å². The number of rotatable bonds is 3. The molecule has 1 aliphatic heterocycles. The molecule has 1 atom stereocenters. The molecule has 2 aromatic rings. The van der Waals surface area contributed by atoms with Gasteiger partial charge in [0.25, 0.3) is 0 Å². The number of benzene rings is 1. The van der Waals surface area contributed by atoms with Crippen LogP contribution in [-0.4, -0.2) is 35.5 Å². The van der Waals surface area contributed by atoms with Gasteiger partial charge in [0.05, 0.1) is 6.61 Å². The third-order valence-corrected chi connectivity index (χ3v) is 4.11. The molecule has 1 aromatic heterocycles. The molecule has 19 heavy (non-hydrogen) atoms. The average Bonchev–Trinajstić information content (AvgIpc) is 2.84. The van der Waals surface area contributed by atoms with Crippen molar-refractivity contribution in [3.05, 3.63) is 34.9 Å². The van der Waals surface area contributed by atoms with Crippen LogP contribution >= 0.6 is 15.9 Å². The number of halogens is 1. The van der Waals surface area contributed by atoms with Crippen LogP contribution in [0.3, 0.4) is 0 Å². The number of hydrogen-bond acceptors (Lipinski definition) is 4. The number of nitrogens with one attached hydrogen (secondary N) is 1. The lowest BCUT2D eigenvalue weighted by molar-refractivity contribution is 0.0381. The summed E-state index contributed by atoms with van der Waals surface area (Å²) in [6.45, 7) is 1.45. The summed E-state index contributed by atoms with van der Waals surface area (Å²) < 4.78 is 6.28. The Hall–Kier alpha value is -1.17. The van der Waals surface area contributed by atoms with Crippen molar-refractivity contribution in [2.75, 3.05) is 25.1 Å². The summed E-state index contributed by atoms with van der Waals surface area (Å²) >= 11 is 3.53. The highest BCUT2D eigenvalue weighted by atomic mass is 79.9. The molecule has 1 saturated heterocycles. The van der Waals surface area contributed by atoms with Crippen LogP contribution in [-0.2, 0) is 4.74 Å². The summed E-state index contributed by atoms with van der Waals surface area (Å²) in [6, 6.07) is 7.97. The maximum absolute atomic E-state index is 10.3. The Labute approximate surface area is 119 Å². The van der Waals surface area contributed by atoms with Crippen molar-refractivity contribution in [3.63, 3.8) is 0 Å². The maximum Gasteiger partial charge on any atom is 0.133 e. The SMILES string of the molecule is OC1(CNc2nccc3c(Br)cccc23)CCOC1. The van der Waals surface area contributed by atoms with Gasteiger partial charge in [0, 0.05) is 41.0 Å². The van der Waals surface area contributed by atoms with Gasteiger partial charge in [-0.05, 0) is 12.1 Å².